The molecule has 5 atom stereocenters. The smallest absolute Gasteiger partial charge is 0.303 e. The summed E-state index contributed by atoms with van der Waals surface area (Å²) in [5, 5.41) is 11.5. The van der Waals surface area contributed by atoms with Crippen molar-refractivity contribution < 1.29 is 23.5 Å². The van der Waals surface area contributed by atoms with Gasteiger partial charge in [0.25, 0.3) is 5.91 Å². The average Bonchev–Trinajstić information content (AvgIpc) is 3.17. The highest BCUT2D eigenvalue weighted by atomic mass is 19.1. The maximum atomic E-state index is 15.9. The number of nitrogens with one attached hydrogen (secondary N) is 1. The molecule has 1 aromatic carbocycles. The molecule has 0 bridgehead atoms. The molecule has 3 aliphatic rings. The molecule has 1 saturated carbocycles. The molecule has 1 amide bonds. The molecule has 3 unspecified atom stereocenters. The Kier molecular flexibility index (Phi) is 6.20. The van der Waals surface area contributed by atoms with E-state index in [0.717, 1.165) is 41.5 Å². The van der Waals surface area contributed by atoms with Crippen LogP contribution >= 0.6 is 0 Å². The first-order valence-corrected chi connectivity index (χ1v) is 12.4. The summed E-state index contributed by atoms with van der Waals surface area (Å²) < 4.78 is 29.8. The first-order chi connectivity index (χ1) is 16.8. The number of carboxylic acids is 1. The van der Waals surface area contributed by atoms with Gasteiger partial charge in [-0.15, -0.1) is 0 Å². The molecule has 184 valence electrons. The van der Waals surface area contributed by atoms with E-state index < -0.39 is 12.1 Å². The van der Waals surface area contributed by atoms with Crippen LogP contribution in [0.15, 0.2) is 42.7 Å². The molecule has 0 aliphatic heterocycles. The largest absolute Gasteiger partial charge is 0.481 e. The summed E-state index contributed by atoms with van der Waals surface area (Å²) in [4.78, 5) is 27.2. The van der Waals surface area contributed by atoms with Crippen LogP contribution < -0.4 is 5.32 Å². The molecule has 1 fully saturated rings. The molecule has 2 N–H and O–H groups in total. The number of nitrogens with zero attached hydrogens (tertiary/aromatic N) is 1. The Balaban J connectivity index is 1.35. The third-order valence-corrected chi connectivity index (χ3v) is 8.38. The van der Waals surface area contributed by atoms with Crippen LogP contribution in [0.2, 0.25) is 0 Å². The van der Waals surface area contributed by atoms with Gasteiger partial charge >= 0.3 is 5.97 Å². The molecule has 35 heavy (non-hydrogen) atoms. The Morgan fingerprint density at radius 3 is 2.86 bits per heavy atom. The van der Waals surface area contributed by atoms with Crippen molar-refractivity contribution in [3.8, 4) is 0 Å². The number of aliphatic carboxylic acids is 1. The van der Waals surface area contributed by atoms with Gasteiger partial charge in [-0.05, 0) is 89.8 Å². The van der Waals surface area contributed by atoms with Crippen molar-refractivity contribution in [3.05, 3.63) is 70.8 Å². The lowest BCUT2D eigenvalue weighted by Crippen LogP contribution is -2.46. The van der Waals surface area contributed by atoms with Gasteiger partial charge in [0.2, 0.25) is 0 Å². The van der Waals surface area contributed by atoms with E-state index in [0.29, 0.717) is 24.9 Å². The topological polar surface area (TPSA) is 79.3 Å². The quantitative estimate of drug-likeness (QED) is 0.549. The van der Waals surface area contributed by atoms with E-state index >= 15 is 4.39 Å². The number of rotatable bonds is 6. The maximum Gasteiger partial charge on any atom is 0.303 e. The number of alkyl halides is 1. The molecule has 5 rings (SSSR count). The Morgan fingerprint density at radius 2 is 2.09 bits per heavy atom. The third kappa shape index (κ3) is 4.26. The fraction of sp³-hybridized carbons (Fsp3) is 0.464. The molecule has 0 saturated heterocycles. The van der Waals surface area contributed by atoms with Crippen molar-refractivity contribution in [3.63, 3.8) is 0 Å². The van der Waals surface area contributed by atoms with Crippen molar-refractivity contribution in [1.29, 1.82) is 0 Å². The number of carboxylic acid groups (broad SMARTS) is 1. The van der Waals surface area contributed by atoms with E-state index in [1.54, 1.807) is 12.3 Å². The van der Waals surface area contributed by atoms with Gasteiger partial charge in [0.15, 0.2) is 0 Å². The number of hydrogen-bond acceptors (Lipinski definition) is 3. The first-order valence-electron chi connectivity index (χ1n) is 12.4. The maximum absolute atomic E-state index is 15.9. The Bertz CT molecular complexity index is 1200. The second-order valence-electron chi connectivity index (χ2n) is 10.4. The van der Waals surface area contributed by atoms with E-state index in [-0.39, 0.29) is 41.3 Å². The van der Waals surface area contributed by atoms with Gasteiger partial charge < -0.3 is 10.4 Å². The van der Waals surface area contributed by atoms with Gasteiger partial charge in [0.05, 0.1) is 6.20 Å². The molecular weight excluding hydrogens is 450 g/mol. The Labute approximate surface area is 203 Å². The van der Waals surface area contributed by atoms with Gasteiger partial charge in [0.1, 0.15) is 12.0 Å². The van der Waals surface area contributed by atoms with Crippen LogP contribution in [0.5, 0.6) is 0 Å². The molecular formula is C28H30F2N2O3. The number of allylic oxidation sites excluding steroid dienone is 2. The SMILES string of the molecule is C[C@]12C[C@H](F)C3c4ccc(C(=O)NCCCC(=O)O)cc4CCC3C1CC=C2c1cncc(F)c1. The zero-order valence-electron chi connectivity index (χ0n) is 19.8. The van der Waals surface area contributed by atoms with Crippen LogP contribution in [0.3, 0.4) is 0 Å². The van der Waals surface area contributed by atoms with E-state index in [1.165, 1.54) is 12.3 Å². The molecule has 0 radical (unpaired) electrons. The summed E-state index contributed by atoms with van der Waals surface area (Å²) in [7, 11) is 0. The number of halogens is 2. The van der Waals surface area contributed by atoms with Gasteiger partial charge in [0, 0.05) is 30.6 Å². The molecule has 0 spiro atoms. The number of carbonyl (C=O) groups excluding carboxylic acids is 1. The normalized spacial score (nSPS) is 28.9. The van der Waals surface area contributed by atoms with Crippen molar-refractivity contribution in [2.45, 2.75) is 57.5 Å². The predicted octanol–water partition coefficient (Wildman–Crippen LogP) is 5.31. The number of hydrogen-bond donors (Lipinski definition) is 2. The standard InChI is InChI=1S/C28H30F2N2O3/c1-28-13-24(30)26-20-6-5-17(27(35)32-10-2-3-25(33)34)11-16(20)4-7-21(26)23(28)9-8-22(28)18-12-19(29)15-31-14-18/h5-6,8,11-12,14-15,21,23-24,26H,2-4,7,9-10,13H2,1H3,(H,32,35)(H,33,34)/t21?,23?,24-,26?,28+/m0/s1. The second kappa shape index (κ2) is 9.17. The molecule has 1 heterocycles. The zero-order valence-corrected chi connectivity index (χ0v) is 19.8. The number of aromatic nitrogens is 1. The summed E-state index contributed by atoms with van der Waals surface area (Å²) in [6.07, 6.45) is 7.25. The highest BCUT2D eigenvalue weighted by Gasteiger charge is 2.55. The van der Waals surface area contributed by atoms with Gasteiger partial charge in [-0.2, -0.15) is 0 Å². The minimum atomic E-state index is -1.03. The fourth-order valence-corrected chi connectivity index (χ4v) is 6.86. The monoisotopic (exact) mass is 480 g/mol. The number of benzene rings is 1. The van der Waals surface area contributed by atoms with E-state index in [9.17, 15) is 14.0 Å². The van der Waals surface area contributed by atoms with E-state index in [1.807, 2.05) is 12.1 Å². The lowest BCUT2D eigenvalue weighted by molar-refractivity contribution is -0.137. The number of pyridine rings is 1. The zero-order chi connectivity index (χ0) is 24.7. The summed E-state index contributed by atoms with van der Waals surface area (Å²) >= 11 is 0. The van der Waals surface area contributed by atoms with Crippen molar-refractivity contribution in [2.24, 2.45) is 17.3 Å². The Hall–Kier alpha value is -3.09. The van der Waals surface area contributed by atoms with Gasteiger partial charge in [-0.1, -0.05) is 19.1 Å². The van der Waals surface area contributed by atoms with Crippen LogP contribution in [-0.2, 0) is 11.2 Å². The van der Waals surface area contributed by atoms with E-state index in [4.69, 9.17) is 5.11 Å². The van der Waals surface area contributed by atoms with Crippen molar-refractivity contribution in [2.75, 3.05) is 6.54 Å². The van der Waals surface area contributed by atoms with Crippen molar-refractivity contribution in [1.82, 2.24) is 10.3 Å². The molecule has 7 heteroatoms. The van der Waals surface area contributed by atoms with Gasteiger partial charge in [-0.3, -0.25) is 14.6 Å². The summed E-state index contributed by atoms with van der Waals surface area (Å²) in [6.45, 7) is 2.42. The third-order valence-electron chi connectivity index (χ3n) is 8.38. The average molecular weight is 481 g/mol. The van der Waals surface area contributed by atoms with Crippen LogP contribution in [0.4, 0.5) is 8.78 Å². The van der Waals surface area contributed by atoms with Crippen LogP contribution in [0, 0.1) is 23.1 Å². The Morgan fingerprint density at radius 1 is 1.26 bits per heavy atom. The second-order valence-corrected chi connectivity index (χ2v) is 10.4. The van der Waals surface area contributed by atoms with E-state index in [2.05, 4.69) is 23.3 Å². The van der Waals surface area contributed by atoms with Crippen LogP contribution in [-0.4, -0.2) is 34.7 Å². The van der Waals surface area contributed by atoms with Crippen LogP contribution in [0.25, 0.3) is 5.57 Å². The first kappa shape index (κ1) is 23.6. The summed E-state index contributed by atoms with van der Waals surface area (Å²) in [5.41, 5.74) is 3.95. The molecule has 3 aliphatic carbocycles. The highest BCUT2D eigenvalue weighted by Crippen LogP contribution is 2.63. The summed E-state index contributed by atoms with van der Waals surface area (Å²) in [6, 6.07) is 7.03. The lowest BCUT2D eigenvalue weighted by atomic mass is 9.53. The number of aryl methyl sites for hydroxylation is 1. The molecule has 1 aromatic heterocycles. The fourth-order valence-electron chi connectivity index (χ4n) is 6.86. The molecule has 2 aromatic rings. The minimum Gasteiger partial charge on any atom is -0.481 e. The summed E-state index contributed by atoms with van der Waals surface area (Å²) in [5.74, 6) is -1.24. The molecule has 5 nitrogen and oxygen atoms in total. The lowest BCUT2D eigenvalue weighted by Gasteiger charge is -2.51. The number of carbonyl (C=O) groups is 2. The van der Waals surface area contributed by atoms with Gasteiger partial charge in [-0.25, -0.2) is 8.78 Å². The van der Waals surface area contributed by atoms with Crippen LogP contribution in [0.1, 0.15) is 72.0 Å². The number of amides is 1. The number of fused-ring (bicyclic) bond motifs is 5. The van der Waals surface area contributed by atoms with Crippen molar-refractivity contribution >= 4 is 17.4 Å². The highest BCUT2D eigenvalue weighted by molar-refractivity contribution is 5.94. The predicted molar refractivity (Wildman–Crippen MR) is 128 cm³/mol. The minimum absolute atomic E-state index is 0.0117.